The summed E-state index contributed by atoms with van der Waals surface area (Å²) < 4.78 is 35.8. The van der Waals surface area contributed by atoms with Gasteiger partial charge in [0.2, 0.25) is 5.76 Å². The third-order valence-electron chi connectivity index (χ3n) is 11.6. The molecule has 0 saturated carbocycles. The Balaban J connectivity index is 1.99. The second-order valence-corrected chi connectivity index (χ2v) is 16.4. The van der Waals surface area contributed by atoms with Crippen molar-refractivity contribution < 1.29 is 63.9 Å². The van der Waals surface area contributed by atoms with E-state index < -0.39 is 90.9 Å². The van der Waals surface area contributed by atoms with Crippen LogP contribution < -0.4 is 0 Å². The van der Waals surface area contributed by atoms with E-state index >= 15 is 0 Å². The van der Waals surface area contributed by atoms with E-state index in [0.717, 1.165) is 5.57 Å². The molecule has 0 aromatic rings. The van der Waals surface area contributed by atoms with Crippen LogP contribution in [0.2, 0.25) is 0 Å². The number of carbonyl (C=O) groups excluding carboxylic acids is 1. The third-order valence-corrected chi connectivity index (χ3v) is 11.6. The number of aliphatic hydroxyl groups is 6. The van der Waals surface area contributed by atoms with Crippen molar-refractivity contribution in [2.24, 2.45) is 35.5 Å². The van der Waals surface area contributed by atoms with E-state index in [2.05, 4.69) is 0 Å². The summed E-state index contributed by atoms with van der Waals surface area (Å²) in [5, 5.41) is 66.7. The SMILES string of the molecule is COC1=CC(C)=CC(C)C(O)C(C)CC(C)=CC=CC(OC)C(C(C)C(O)C(C)C2(O)CC(OC3OC(C)C(O)C(O)C3O)C(C)C(C(C)C)O2)OC1=O. The first-order valence-corrected chi connectivity index (χ1v) is 19.3. The van der Waals surface area contributed by atoms with Crippen LogP contribution in [0.25, 0.3) is 0 Å². The second kappa shape index (κ2) is 19.8. The van der Waals surface area contributed by atoms with Gasteiger partial charge < -0.3 is 59.1 Å². The topological polar surface area (TPSA) is 194 Å². The van der Waals surface area contributed by atoms with Crippen molar-refractivity contribution in [1.29, 1.82) is 0 Å². The summed E-state index contributed by atoms with van der Waals surface area (Å²) in [7, 11) is 2.83. The van der Waals surface area contributed by atoms with Crippen LogP contribution in [-0.4, -0.2) is 124 Å². The highest BCUT2D eigenvalue weighted by Crippen LogP contribution is 2.43. The van der Waals surface area contributed by atoms with Crippen LogP contribution in [0.4, 0.5) is 0 Å². The molecule has 3 aliphatic rings. The molecule has 0 radical (unpaired) electrons. The lowest BCUT2D eigenvalue weighted by Crippen LogP contribution is -2.62. The number of hydrogen-bond donors (Lipinski definition) is 6. The number of allylic oxidation sites excluding steroid dienone is 5. The Kier molecular flexibility index (Phi) is 16.9. The molecular formula is C41H68O13. The van der Waals surface area contributed by atoms with Crippen LogP contribution >= 0.6 is 0 Å². The first-order valence-electron chi connectivity index (χ1n) is 19.3. The van der Waals surface area contributed by atoms with Gasteiger partial charge in [0.1, 0.15) is 30.5 Å². The minimum atomic E-state index is -1.96. The number of cyclic esters (lactones) is 1. The fraction of sp³-hybridized carbons (Fsp3) is 0.780. The van der Waals surface area contributed by atoms with Gasteiger partial charge in [-0.2, -0.15) is 0 Å². The zero-order chi connectivity index (χ0) is 40.8. The molecule has 0 amide bonds. The van der Waals surface area contributed by atoms with Crippen LogP contribution in [0, 0.1) is 35.5 Å². The molecule has 13 heteroatoms. The molecule has 0 bridgehead atoms. The number of rotatable bonds is 9. The molecule has 2 fully saturated rings. The first-order chi connectivity index (χ1) is 25.2. The molecule has 0 aliphatic carbocycles. The Morgan fingerprint density at radius 1 is 0.926 bits per heavy atom. The van der Waals surface area contributed by atoms with Gasteiger partial charge in [0.25, 0.3) is 0 Å². The molecule has 0 aromatic heterocycles. The van der Waals surface area contributed by atoms with Gasteiger partial charge in [-0.1, -0.05) is 83.9 Å². The molecule has 13 nitrogen and oxygen atoms in total. The van der Waals surface area contributed by atoms with Crippen molar-refractivity contribution >= 4 is 5.97 Å². The summed E-state index contributed by atoms with van der Waals surface area (Å²) in [4.78, 5) is 13.7. The van der Waals surface area contributed by atoms with E-state index in [1.54, 1.807) is 45.9 Å². The summed E-state index contributed by atoms with van der Waals surface area (Å²) in [6.45, 7) is 18.4. The van der Waals surface area contributed by atoms with Crippen molar-refractivity contribution in [3.8, 4) is 0 Å². The summed E-state index contributed by atoms with van der Waals surface area (Å²) in [6.07, 6.45) is -2.21. The molecular weight excluding hydrogens is 700 g/mol. The van der Waals surface area contributed by atoms with Gasteiger partial charge in [-0.15, -0.1) is 0 Å². The van der Waals surface area contributed by atoms with Gasteiger partial charge in [-0.25, -0.2) is 4.79 Å². The van der Waals surface area contributed by atoms with E-state index in [9.17, 15) is 35.4 Å². The third kappa shape index (κ3) is 11.0. The van der Waals surface area contributed by atoms with E-state index in [1.165, 1.54) is 14.2 Å². The van der Waals surface area contributed by atoms with E-state index in [-0.39, 0.29) is 35.9 Å². The molecule has 17 unspecified atom stereocenters. The first kappa shape index (κ1) is 46.2. The van der Waals surface area contributed by atoms with Crippen LogP contribution in [0.3, 0.4) is 0 Å². The van der Waals surface area contributed by atoms with Gasteiger partial charge in [-0.05, 0) is 45.1 Å². The summed E-state index contributed by atoms with van der Waals surface area (Å²) in [5.41, 5.74) is 1.72. The Bertz CT molecular complexity index is 1340. The van der Waals surface area contributed by atoms with E-state index in [0.29, 0.717) is 12.0 Å². The zero-order valence-corrected chi connectivity index (χ0v) is 34.2. The Morgan fingerprint density at radius 2 is 1.57 bits per heavy atom. The van der Waals surface area contributed by atoms with Crippen LogP contribution in [0.5, 0.6) is 0 Å². The summed E-state index contributed by atoms with van der Waals surface area (Å²) >= 11 is 0. The highest BCUT2D eigenvalue weighted by molar-refractivity contribution is 5.87. The minimum absolute atomic E-state index is 0.0422. The fourth-order valence-corrected chi connectivity index (χ4v) is 7.99. The van der Waals surface area contributed by atoms with Gasteiger partial charge in [-0.3, -0.25) is 0 Å². The van der Waals surface area contributed by atoms with Crippen LogP contribution in [0.1, 0.15) is 82.1 Å². The van der Waals surface area contributed by atoms with Crippen LogP contribution in [-0.2, 0) is 33.2 Å². The average molecular weight is 769 g/mol. The fourth-order valence-electron chi connectivity index (χ4n) is 7.99. The van der Waals surface area contributed by atoms with E-state index in [4.69, 9.17) is 28.4 Å². The highest BCUT2D eigenvalue weighted by Gasteiger charge is 2.54. The maximum Gasteiger partial charge on any atom is 0.373 e. The lowest BCUT2D eigenvalue weighted by atomic mass is 9.76. The van der Waals surface area contributed by atoms with E-state index in [1.807, 2.05) is 53.7 Å². The van der Waals surface area contributed by atoms with Gasteiger partial charge in [0.05, 0.1) is 37.6 Å². The normalized spacial score (nSPS) is 40.9. The molecule has 17 atom stereocenters. The monoisotopic (exact) mass is 768 g/mol. The molecule has 3 heterocycles. The predicted molar refractivity (Wildman–Crippen MR) is 201 cm³/mol. The van der Waals surface area contributed by atoms with Crippen molar-refractivity contribution in [2.75, 3.05) is 14.2 Å². The maximum absolute atomic E-state index is 13.7. The number of methoxy groups -OCH3 is 2. The van der Waals surface area contributed by atoms with Gasteiger partial charge >= 0.3 is 5.97 Å². The molecule has 54 heavy (non-hydrogen) atoms. The van der Waals surface area contributed by atoms with Crippen molar-refractivity contribution in [2.45, 2.75) is 155 Å². The van der Waals surface area contributed by atoms with Gasteiger partial charge in [0, 0.05) is 37.2 Å². The van der Waals surface area contributed by atoms with Crippen LogP contribution in [0.15, 0.2) is 47.3 Å². The lowest BCUT2D eigenvalue weighted by Gasteiger charge is -2.51. The summed E-state index contributed by atoms with van der Waals surface area (Å²) in [6, 6.07) is 0. The van der Waals surface area contributed by atoms with Crippen molar-refractivity contribution in [3.63, 3.8) is 0 Å². The molecule has 310 valence electrons. The molecule has 2 saturated heterocycles. The second-order valence-electron chi connectivity index (χ2n) is 16.4. The molecule has 0 aromatic carbocycles. The standard InChI is InChI=1S/C41H68O13/c1-20(2)37-25(7)31(52-40-36(46)35(45)34(44)28(10)51-40)19-41(48,54-37)27(9)33(43)26(8)38-29(49-11)15-13-14-21(3)16-23(5)32(42)24(6)17-22(4)18-30(50-12)39(47)53-38/h13-15,17-18,20,23-29,31-38,40,42-46,48H,16,19H2,1-12H3. The largest absolute Gasteiger partial charge is 0.490 e. The lowest BCUT2D eigenvalue weighted by molar-refractivity contribution is -0.361. The van der Waals surface area contributed by atoms with Gasteiger partial charge in [0.15, 0.2) is 12.1 Å². The number of hydrogen-bond acceptors (Lipinski definition) is 13. The Hall–Kier alpha value is -2.17. The minimum Gasteiger partial charge on any atom is -0.490 e. The molecule has 0 spiro atoms. The zero-order valence-electron chi connectivity index (χ0n) is 34.2. The number of carbonyl (C=O) groups is 1. The molecule has 6 N–H and O–H groups in total. The number of aliphatic hydroxyl groups excluding tert-OH is 5. The Morgan fingerprint density at radius 3 is 2.17 bits per heavy atom. The molecule has 3 aliphatic heterocycles. The van der Waals surface area contributed by atoms with Crippen molar-refractivity contribution in [3.05, 3.63) is 47.3 Å². The summed E-state index contributed by atoms with van der Waals surface area (Å²) in [5.74, 6) is -5.29. The smallest absolute Gasteiger partial charge is 0.373 e. The maximum atomic E-state index is 13.7. The quantitative estimate of drug-likeness (QED) is 0.187. The molecule has 3 rings (SSSR count). The number of ether oxygens (including phenoxy) is 6. The highest BCUT2D eigenvalue weighted by atomic mass is 16.7. The predicted octanol–water partition coefficient (Wildman–Crippen LogP) is 3.54. The average Bonchev–Trinajstić information content (AvgIpc) is 3.12. The van der Waals surface area contributed by atoms with Crippen molar-refractivity contribution in [1.82, 2.24) is 0 Å². The Labute approximate surface area is 321 Å². The number of esters is 1.